The Morgan fingerprint density at radius 3 is 2.39 bits per heavy atom. The molecule has 0 fully saturated rings. The average Bonchev–Trinajstić information content (AvgIpc) is 2.23. The lowest BCUT2D eigenvalue weighted by molar-refractivity contribution is -0.121. The van der Waals surface area contributed by atoms with Crippen LogP contribution in [0.1, 0.15) is 40.0 Å². The van der Waals surface area contributed by atoms with Gasteiger partial charge in [-0.15, -0.1) is 6.58 Å². The standard InChI is InChI=1S/C13H24N2O3/c1-5-6-8-11(16)14-9-7-10-15-12(17)18-13(2,3)4/h5H,1,6-10H2,2-4H3,(H,14,16)(H,15,17). The highest BCUT2D eigenvalue weighted by Gasteiger charge is 2.15. The third-order valence-corrected chi connectivity index (χ3v) is 1.92. The van der Waals surface area contributed by atoms with Crippen LogP contribution in [0.25, 0.3) is 0 Å². The number of alkyl carbamates (subject to hydrolysis) is 1. The van der Waals surface area contributed by atoms with Crippen LogP contribution in [-0.4, -0.2) is 30.7 Å². The molecule has 0 aliphatic rings. The maximum atomic E-state index is 11.3. The van der Waals surface area contributed by atoms with E-state index in [1.165, 1.54) is 0 Å². The molecule has 0 aromatic heterocycles. The van der Waals surface area contributed by atoms with Crippen molar-refractivity contribution in [2.45, 2.75) is 45.6 Å². The molecular weight excluding hydrogens is 232 g/mol. The van der Waals surface area contributed by atoms with E-state index in [0.717, 1.165) is 0 Å². The Morgan fingerprint density at radius 2 is 1.83 bits per heavy atom. The Balaban J connectivity index is 3.48. The maximum Gasteiger partial charge on any atom is 0.407 e. The fourth-order valence-corrected chi connectivity index (χ4v) is 1.14. The van der Waals surface area contributed by atoms with Crippen molar-refractivity contribution >= 4 is 12.0 Å². The molecule has 0 rings (SSSR count). The Kier molecular flexibility index (Phi) is 7.83. The number of allylic oxidation sites excluding steroid dienone is 1. The van der Waals surface area contributed by atoms with Gasteiger partial charge in [0.1, 0.15) is 5.60 Å². The van der Waals surface area contributed by atoms with Gasteiger partial charge in [-0.2, -0.15) is 0 Å². The topological polar surface area (TPSA) is 67.4 Å². The molecule has 0 heterocycles. The summed E-state index contributed by atoms with van der Waals surface area (Å²) in [4.78, 5) is 22.5. The largest absolute Gasteiger partial charge is 0.444 e. The molecule has 0 aromatic carbocycles. The van der Waals surface area contributed by atoms with Crippen molar-refractivity contribution in [3.63, 3.8) is 0 Å². The molecule has 0 saturated heterocycles. The second-order valence-electron chi connectivity index (χ2n) is 4.96. The third-order valence-electron chi connectivity index (χ3n) is 1.92. The van der Waals surface area contributed by atoms with Gasteiger partial charge < -0.3 is 15.4 Å². The number of rotatable bonds is 7. The first-order valence-electron chi connectivity index (χ1n) is 6.19. The normalized spacial score (nSPS) is 10.6. The van der Waals surface area contributed by atoms with Gasteiger partial charge in [-0.05, 0) is 33.6 Å². The molecule has 0 atom stereocenters. The number of nitrogens with one attached hydrogen (secondary N) is 2. The van der Waals surface area contributed by atoms with Gasteiger partial charge in [0.25, 0.3) is 0 Å². The van der Waals surface area contributed by atoms with Crippen molar-refractivity contribution < 1.29 is 14.3 Å². The SMILES string of the molecule is C=CCCC(=O)NCCCNC(=O)OC(C)(C)C. The summed E-state index contributed by atoms with van der Waals surface area (Å²) in [7, 11) is 0. The van der Waals surface area contributed by atoms with Crippen LogP contribution in [-0.2, 0) is 9.53 Å². The van der Waals surface area contributed by atoms with E-state index in [2.05, 4.69) is 17.2 Å². The molecule has 5 heteroatoms. The molecule has 5 nitrogen and oxygen atoms in total. The zero-order valence-electron chi connectivity index (χ0n) is 11.5. The van der Waals surface area contributed by atoms with Crippen LogP contribution in [0.5, 0.6) is 0 Å². The quantitative estimate of drug-likeness (QED) is 0.540. The molecule has 0 unspecified atom stereocenters. The number of amides is 2. The fraction of sp³-hybridized carbons (Fsp3) is 0.692. The van der Waals surface area contributed by atoms with E-state index in [4.69, 9.17) is 4.74 Å². The van der Waals surface area contributed by atoms with Crippen LogP contribution in [0, 0.1) is 0 Å². The van der Waals surface area contributed by atoms with Crippen molar-refractivity contribution in [1.82, 2.24) is 10.6 Å². The van der Waals surface area contributed by atoms with Gasteiger partial charge in [0, 0.05) is 19.5 Å². The van der Waals surface area contributed by atoms with Gasteiger partial charge in [-0.3, -0.25) is 4.79 Å². The summed E-state index contributed by atoms with van der Waals surface area (Å²) in [5.41, 5.74) is -0.483. The molecule has 2 N–H and O–H groups in total. The summed E-state index contributed by atoms with van der Waals surface area (Å²) in [6, 6.07) is 0. The molecule has 0 saturated carbocycles. The lowest BCUT2D eigenvalue weighted by atomic mass is 10.2. The smallest absolute Gasteiger partial charge is 0.407 e. The van der Waals surface area contributed by atoms with Gasteiger partial charge >= 0.3 is 6.09 Å². The fourth-order valence-electron chi connectivity index (χ4n) is 1.14. The van der Waals surface area contributed by atoms with Crippen LogP contribution in [0.15, 0.2) is 12.7 Å². The Labute approximate surface area is 109 Å². The Morgan fingerprint density at radius 1 is 1.22 bits per heavy atom. The summed E-state index contributed by atoms with van der Waals surface area (Å²) in [5.74, 6) is 0.00664. The molecule has 0 spiro atoms. The lowest BCUT2D eigenvalue weighted by Crippen LogP contribution is -2.34. The van der Waals surface area contributed by atoms with E-state index in [1.54, 1.807) is 6.08 Å². The van der Waals surface area contributed by atoms with Crippen LogP contribution in [0.4, 0.5) is 4.79 Å². The van der Waals surface area contributed by atoms with E-state index in [9.17, 15) is 9.59 Å². The molecule has 2 amide bonds. The van der Waals surface area contributed by atoms with Gasteiger partial charge in [0.15, 0.2) is 0 Å². The van der Waals surface area contributed by atoms with Crippen LogP contribution in [0.2, 0.25) is 0 Å². The molecule has 104 valence electrons. The van der Waals surface area contributed by atoms with Crippen molar-refractivity contribution in [3.05, 3.63) is 12.7 Å². The van der Waals surface area contributed by atoms with E-state index < -0.39 is 11.7 Å². The molecule has 0 aliphatic carbocycles. The predicted octanol–water partition coefficient (Wildman–Crippen LogP) is 1.98. The van der Waals surface area contributed by atoms with Gasteiger partial charge in [0.05, 0.1) is 0 Å². The van der Waals surface area contributed by atoms with E-state index in [-0.39, 0.29) is 5.91 Å². The van der Waals surface area contributed by atoms with Crippen LogP contribution in [0.3, 0.4) is 0 Å². The lowest BCUT2D eigenvalue weighted by Gasteiger charge is -2.19. The monoisotopic (exact) mass is 256 g/mol. The van der Waals surface area contributed by atoms with Gasteiger partial charge in [-0.1, -0.05) is 6.08 Å². The summed E-state index contributed by atoms with van der Waals surface area (Å²) < 4.78 is 5.07. The minimum Gasteiger partial charge on any atom is -0.444 e. The minimum absolute atomic E-state index is 0.00664. The van der Waals surface area contributed by atoms with E-state index in [1.807, 2.05) is 20.8 Å². The Hall–Kier alpha value is -1.52. The van der Waals surface area contributed by atoms with Crippen LogP contribution < -0.4 is 10.6 Å². The van der Waals surface area contributed by atoms with Crippen molar-refractivity contribution in [2.24, 2.45) is 0 Å². The van der Waals surface area contributed by atoms with Crippen molar-refractivity contribution in [1.29, 1.82) is 0 Å². The van der Waals surface area contributed by atoms with Gasteiger partial charge in [-0.25, -0.2) is 4.79 Å². The molecule has 0 bridgehead atoms. The first kappa shape index (κ1) is 16.5. The first-order valence-corrected chi connectivity index (χ1v) is 6.19. The average molecular weight is 256 g/mol. The molecule has 0 radical (unpaired) electrons. The minimum atomic E-state index is -0.483. The van der Waals surface area contributed by atoms with Crippen molar-refractivity contribution in [3.8, 4) is 0 Å². The van der Waals surface area contributed by atoms with Crippen LogP contribution >= 0.6 is 0 Å². The number of carbonyl (C=O) groups is 2. The van der Waals surface area contributed by atoms with Crippen molar-refractivity contribution in [2.75, 3.05) is 13.1 Å². The maximum absolute atomic E-state index is 11.3. The summed E-state index contributed by atoms with van der Waals surface area (Å²) in [6.07, 6.45) is 3.11. The molecule has 18 heavy (non-hydrogen) atoms. The predicted molar refractivity (Wildman–Crippen MR) is 71.3 cm³/mol. The number of ether oxygens (including phenoxy) is 1. The molecular formula is C13H24N2O3. The second kappa shape index (κ2) is 8.55. The highest BCUT2D eigenvalue weighted by molar-refractivity contribution is 5.75. The summed E-state index contributed by atoms with van der Waals surface area (Å²) in [6.45, 7) is 10.0. The summed E-state index contributed by atoms with van der Waals surface area (Å²) in [5, 5.41) is 5.39. The van der Waals surface area contributed by atoms with E-state index in [0.29, 0.717) is 32.4 Å². The number of hydrogen-bond donors (Lipinski definition) is 2. The highest BCUT2D eigenvalue weighted by Crippen LogP contribution is 2.06. The summed E-state index contributed by atoms with van der Waals surface area (Å²) >= 11 is 0. The third kappa shape index (κ3) is 11.0. The molecule has 0 aliphatic heterocycles. The zero-order chi connectivity index (χ0) is 14.0. The Bertz CT molecular complexity index is 282. The van der Waals surface area contributed by atoms with Gasteiger partial charge in [0.2, 0.25) is 5.91 Å². The zero-order valence-corrected chi connectivity index (χ0v) is 11.5. The van der Waals surface area contributed by atoms with E-state index >= 15 is 0 Å². The second-order valence-corrected chi connectivity index (χ2v) is 4.96. The number of hydrogen-bond acceptors (Lipinski definition) is 3. The number of carbonyl (C=O) groups excluding carboxylic acids is 2. The molecule has 0 aromatic rings. The highest BCUT2D eigenvalue weighted by atomic mass is 16.6. The first-order chi connectivity index (χ1) is 8.35.